The lowest BCUT2D eigenvalue weighted by Gasteiger charge is -2.20. The van der Waals surface area contributed by atoms with Crippen molar-refractivity contribution < 1.29 is 13.2 Å². The van der Waals surface area contributed by atoms with E-state index in [0.29, 0.717) is 17.1 Å². The summed E-state index contributed by atoms with van der Waals surface area (Å²) in [5, 5.41) is 0.885. The van der Waals surface area contributed by atoms with Crippen molar-refractivity contribution in [2.75, 3.05) is 11.8 Å². The molecule has 1 heterocycles. The van der Waals surface area contributed by atoms with E-state index in [9.17, 15) is 13.2 Å². The van der Waals surface area contributed by atoms with E-state index in [2.05, 4.69) is 13.5 Å². The molecular weight excluding hydrogens is 491 g/mol. The summed E-state index contributed by atoms with van der Waals surface area (Å²) in [6.45, 7) is 0.314. The van der Waals surface area contributed by atoms with Crippen molar-refractivity contribution in [1.82, 2.24) is 13.6 Å². The molecule has 0 unspecified atom stereocenters. The van der Waals surface area contributed by atoms with Gasteiger partial charge in [0.2, 0.25) is 0 Å². The van der Waals surface area contributed by atoms with E-state index < -0.39 is 10.0 Å². The van der Waals surface area contributed by atoms with Crippen LogP contribution < -0.4 is 4.72 Å². The van der Waals surface area contributed by atoms with Gasteiger partial charge in [-0.25, -0.2) is 8.42 Å². The number of fused-ring (bicyclic) bond motifs is 1. The Morgan fingerprint density at radius 2 is 1.75 bits per heavy atom. The summed E-state index contributed by atoms with van der Waals surface area (Å²) >= 11 is 12.9. The number of halogens is 2. The van der Waals surface area contributed by atoms with Gasteiger partial charge in [-0.15, -0.1) is 0 Å². The quantitative estimate of drug-likeness (QED) is 0.394. The van der Waals surface area contributed by atoms with Crippen molar-refractivity contribution in [2.45, 2.75) is 11.4 Å². The number of hydrogen-bond donors (Lipinski definition) is 1. The Kier molecular flexibility index (Phi) is 6.34. The molecule has 1 N–H and O–H groups in total. The Labute approximate surface area is 199 Å². The average molecular weight is 507 g/mol. The molecule has 11 heteroatoms. The number of nitrogens with zero attached hydrogens (tertiary/aromatic N) is 3. The zero-order valence-corrected chi connectivity index (χ0v) is 19.8. The molecule has 1 aromatic heterocycles. The van der Waals surface area contributed by atoms with Gasteiger partial charge in [-0.2, -0.15) is 8.75 Å². The second-order valence-corrected chi connectivity index (χ2v) is 10.0. The van der Waals surface area contributed by atoms with Gasteiger partial charge in [-0.05, 0) is 48.0 Å². The molecule has 1 amide bonds. The molecule has 0 atom stereocenters. The zero-order valence-electron chi connectivity index (χ0n) is 16.6. The monoisotopic (exact) mass is 506 g/mol. The van der Waals surface area contributed by atoms with Gasteiger partial charge in [0.25, 0.3) is 15.9 Å². The second kappa shape index (κ2) is 9.03. The first-order valence-corrected chi connectivity index (χ1v) is 12.2. The summed E-state index contributed by atoms with van der Waals surface area (Å²) in [5.41, 5.74) is 1.86. The molecule has 0 radical (unpaired) electrons. The van der Waals surface area contributed by atoms with Crippen LogP contribution in [0.4, 0.5) is 5.69 Å². The topological polar surface area (TPSA) is 92.3 Å². The highest BCUT2D eigenvalue weighted by molar-refractivity contribution is 7.93. The molecule has 0 fully saturated rings. The third kappa shape index (κ3) is 4.71. The summed E-state index contributed by atoms with van der Waals surface area (Å²) < 4.78 is 36.9. The predicted molar refractivity (Wildman–Crippen MR) is 127 cm³/mol. The molecule has 7 nitrogen and oxygen atoms in total. The number of carbonyl (C=O) groups excluding carboxylic acids is 1. The minimum Gasteiger partial charge on any atom is -0.337 e. The maximum absolute atomic E-state index is 13.1. The lowest BCUT2D eigenvalue weighted by molar-refractivity contribution is 0.0786. The average Bonchev–Trinajstić information content (AvgIpc) is 3.23. The molecular formula is C21H16Cl2N4O3S2. The van der Waals surface area contributed by atoms with Crippen LogP contribution in [0.5, 0.6) is 0 Å². The SMILES string of the molecule is CN(Cc1ccc(Cl)cc1)C(=O)c1ccc(Cl)cc1NS(=O)(=O)c1cccc2nsnc12. The molecule has 0 aliphatic heterocycles. The molecule has 0 saturated heterocycles. The maximum atomic E-state index is 13.1. The van der Waals surface area contributed by atoms with E-state index in [1.807, 2.05) is 12.1 Å². The first-order chi connectivity index (χ1) is 15.2. The Bertz CT molecular complexity index is 1410. The summed E-state index contributed by atoms with van der Waals surface area (Å²) in [6.07, 6.45) is 0. The van der Waals surface area contributed by atoms with Crippen LogP contribution in [0.2, 0.25) is 10.0 Å². The predicted octanol–water partition coefficient (Wildman–Crippen LogP) is 5.07. The second-order valence-electron chi connectivity index (χ2n) is 6.97. The van der Waals surface area contributed by atoms with Crippen LogP contribution in [0.3, 0.4) is 0 Å². The maximum Gasteiger partial charge on any atom is 0.264 e. The lowest BCUT2D eigenvalue weighted by atomic mass is 10.1. The van der Waals surface area contributed by atoms with Crippen molar-refractivity contribution in [3.8, 4) is 0 Å². The Morgan fingerprint density at radius 3 is 2.50 bits per heavy atom. The van der Waals surface area contributed by atoms with E-state index in [-0.39, 0.29) is 32.6 Å². The number of carbonyl (C=O) groups is 1. The van der Waals surface area contributed by atoms with Gasteiger partial charge in [-0.1, -0.05) is 41.4 Å². The highest BCUT2D eigenvalue weighted by atomic mass is 35.5. The molecule has 164 valence electrons. The molecule has 4 rings (SSSR count). The van der Waals surface area contributed by atoms with E-state index >= 15 is 0 Å². The summed E-state index contributed by atoms with van der Waals surface area (Å²) in [6, 6.07) is 16.3. The normalized spacial score (nSPS) is 11.5. The van der Waals surface area contributed by atoms with Gasteiger partial charge in [-0.3, -0.25) is 9.52 Å². The number of aromatic nitrogens is 2. The van der Waals surface area contributed by atoms with Gasteiger partial charge in [0.1, 0.15) is 15.9 Å². The van der Waals surface area contributed by atoms with Crippen molar-refractivity contribution >= 4 is 67.6 Å². The molecule has 0 spiro atoms. The molecule has 32 heavy (non-hydrogen) atoms. The van der Waals surface area contributed by atoms with Gasteiger partial charge in [0.05, 0.1) is 23.0 Å². The summed E-state index contributed by atoms with van der Waals surface area (Å²) in [4.78, 5) is 14.6. The molecule has 3 aromatic carbocycles. The first-order valence-electron chi connectivity index (χ1n) is 9.28. The van der Waals surface area contributed by atoms with Crippen LogP contribution in [0, 0.1) is 0 Å². The van der Waals surface area contributed by atoms with Crippen LogP contribution >= 0.6 is 34.9 Å². The molecule has 0 bridgehead atoms. The van der Waals surface area contributed by atoms with E-state index in [1.54, 1.807) is 31.3 Å². The highest BCUT2D eigenvalue weighted by Crippen LogP contribution is 2.28. The van der Waals surface area contributed by atoms with Crippen molar-refractivity contribution in [3.63, 3.8) is 0 Å². The molecule has 0 saturated carbocycles. The number of anilines is 1. The summed E-state index contributed by atoms with van der Waals surface area (Å²) in [7, 11) is -2.43. The van der Waals surface area contributed by atoms with Gasteiger partial charge in [0, 0.05) is 23.6 Å². The van der Waals surface area contributed by atoms with Gasteiger partial charge < -0.3 is 4.90 Å². The lowest BCUT2D eigenvalue weighted by Crippen LogP contribution is -2.27. The van der Waals surface area contributed by atoms with Crippen LogP contribution in [0.15, 0.2) is 65.6 Å². The van der Waals surface area contributed by atoms with Crippen LogP contribution in [-0.4, -0.2) is 35.0 Å². The smallest absolute Gasteiger partial charge is 0.264 e. The molecule has 0 aliphatic rings. The van der Waals surface area contributed by atoms with E-state index in [0.717, 1.165) is 17.3 Å². The standard InChI is InChI=1S/C21H16Cl2N4O3S2/c1-27(12-13-5-7-14(22)8-6-13)21(28)16-10-9-15(23)11-18(16)26-32(29,30)19-4-2-3-17-20(19)25-31-24-17/h2-11,26H,12H2,1H3. The Balaban J connectivity index is 1.65. The number of hydrogen-bond acceptors (Lipinski definition) is 6. The van der Waals surface area contributed by atoms with Crippen LogP contribution in [0.25, 0.3) is 11.0 Å². The summed E-state index contributed by atoms with van der Waals surface area (Å²) in [5.74, 6) is -0.372. The number of benzene rings is 3. The third-order valence-electron chi connectivity index (χ3n) is 4.67. The third-order valence-corrected chi connectivity index (χ3v) is 7.10. The first kappa shape index (κ1) is 22.5. The zero-order chi connectivity index (χ0) is 22.9. The highest BCUT2D eigenvalue weighted by Gasteiger charge is 2.24. The fourth-order valence-electron chi connectivity index (χ4n) is 3.13. The number of nitrogens with one attached hydrogen (secondary N) is 1. The van der Waals surface area contributed by atoms with Crippen LogP contribution in [0.1, 0.15) is 15.9 Å². The molecule has 0 aliphatic carbocycles. The largest absolute Gasteiger partial charge is 0.337 e. The fraction of sp³-hybridized carbons (Fsp3) is 0.0952. The number of sulfonamides is 1. The van der Waals surface area contributed by atoms with Crippen molar-refractivity contribution in [2.24, 2.45) is 0 Å². The van der Waals surface area contributed by atoms with E-state index in [4.69, 9.17) is 23.2 Å². The van der Waals surface area contributed by atoms with Crippen LogP contribution in [-0.2, 0) is 16.6 Å². The van der Waals surface area contributed by atoms with Crippen molar-refractivity contribution in [1.29, 1.82) is 0 Å². The van der Waals surface area contributed by atoms with Crippen molar-refractivity contribution in [3.05, 3.63) is 81.8 Å². The van der Waals surface area contributed by atoms with Gasteiger partial charge in [0.15, 0.2) is 0 Å². The van der Waals surface area contributed by atoms with E-state index in [1.165, 1.54) is 29.2 Å². The number of amides is 1. The number of rotatable bonds is 6. The molecule has 4 aromatic rings. The van der Waals surface area contributed by atoms with Gasteiger partial charge >= 0.3 is 0 Å². The Hall–Kier alpha value is -2.72. The Morgan fingerprint density at radius 1 is 1.03 bits per heavy atom. The fourth-order valence-corrected chi connectivity index (χ4v) is 5.26. The minimum atomic E-state index is -4.06. The minimum absolute atomic E-state index is 0.0309.